The summed E-state index contributed by atoms with van der Waals surface area (Å²) in [5.74, 6) is 0.767. The third kappa shape index (κ3) is 6.10. The number of ketones is 1. The minimum atomic E-state index is -1.28. The van der Waals surface area contributed by atoms with E-state index in [4.69, 9.17) is 27.9 Å². The molecule has 0 aromatic heterocycles. The van der Waals surface area contributed by atoms with Gasteiger partial charge < -0.3 is 4.74 Å². The Morgan fingerprint density at radius 1 is 1.08 bits per heavy atom. The molecule has 1 unspecified atom stereocenters. The molecule has 2 aromatic rings. The van der Waals surface area contributed by atoms with E-state index in [2.05, 4.69) is 15.9 Å². The van der Waals surface area contributed by atoms with Crippen LogP contribution in [0, 0.1) is 13.8 Å². The lowest BCUT2D eigenvalue weighted by molar-refractivity contribution is 0.102. The number of carbonyl (C=O) groups is 1. The Labute approximate surface area is 169 Å². The van der Waals surface area contributed by atoms with Crippen molar-refractivity contribution in [2.45, 2.75) is 23.6 Å². The highest BCUT2D eigenvalue weighted by Gasteiger charge is 2.15. The Balaban J connectivity index is 0.000000970. The van der Waals surface area contributed by atoms with Crippen LogP contribution in [-0.2, 0) is 10.8 Å². The minimum absolute atomic E-state index is 0.0387. The van der Waals surface area contributed by atoms with Gasteiger partial charge in [0.15, 0.2) is 5.78 Å². The number of alkyl halides is 3. The maximum absolute atomic E-state index is 12.7. The summed E-state index contributed by atoms with van der Waals surface area (Å²) in [7, 11) is 0.316. The van der Waals surface area contributed by atoms with Crippen LogP contribution in [-0.4, -0.2) is 27.8 Å². The minimum Gasteiger partial charge on any atom is -0.497 e. The molecule has 3 nitrogen and oxygen atoms in total. The van der Waals surface area contributed by atoms with Gasteiger partial charge in [-0.2, -0.15) is 0 Å². The summed E-state index contributed by atoms with van der Waals surface area (Å²) < 4.78 is 17.8. The largest absolute Gasteiger partial charge is 0.497 e. The van der Waals surface area contributed by atoms with Crippen LogP contribution in [0.15, 0.2) is 46.2 Å². The Morgan fingerprint density at radius 2 is 1.56 bits per heavy atom. The summed E-state index contributed by atoms with van der Waals surface area (Å²) >= 11 is 12.7. The number of halogens is 3. The highest BCUT2D eigenvalue weighted by molar-refractivity contribution is 9.09. The van der Waals surface area contributed by atoms with Gasteiger partial charge in [-0.1, -0.05) is 15.9 Å². The number of carbonyl (C=O) groups excluding carboxylic acids is 1. The maximum Gasteiger partial charge on any atom is 0.173 e. The van der Waals surface area contributed by atoms with Crippen molar-refractivity contribution in [1.29, 1.82) is 0 Å². The second-order valence-electron chi connectivity index (χ2n) is 5.03. The fourth-order valence-corrected chi connectivity index (χ4v) is 3.88. The zero-order valence-corrected chi connectivity index (χ0v) is 18.1. The van der Waals surface area contributed by atoms with E-state index in [0.717, 1.165) is 16.9 Å². The number of hydrogen-bond donors (Lipinski definition) is 0. The summed E-state index contributed by atoms with van der Waals surface area (Å²) in [6.45, 7) is 3.75. The van der Waals surface area contributed by atoms with Crippen LogP contribution in [0.4, 0.5) is 0 Å². The van der Waals surface area contributed by atoms with Crippen LogP contribution in [0.5, 0.6) is 5.75 Å². The Morgan fingerprint density at radius 3 is 1.96 bits per heavy atom. The molecule has 0 aliphatic carbocycles. The molecule has 136 valence electrons. The van der Waals surface area contributed by atoms with Gasteiger partial charge in [-0.3, -0.25) is 4.79 Å². The molecule has 0 N–H and O–H groups in total. The zero-order chi connectivity index (χ0) is 19.0. The summed E-state index contributed by atoms with van der Waals surface area (Å²) in [5.41, 5.74) is 2.40. The van der Waals surface area contributed by atoms with Crippen molar-refractivity contribution in [1.82, 2.24) is 0 Å². The lowest BCUT2D eigenvalue weighted by atomic mass is 10.00. The number of hydrogen-bond acceptors (Lipinski definition) is 3. The van der Waals surface area contributed by atoms with Gasteiger partial charge in [0.25, 0.3) is 0 Å². The average molecular weight is 466 g/mol. The smallest absolute Gasteiger partial charge is 0.173 e. The van der Waals surface area contributed by atoms with Crippen molar-refractivity contribution in [3.05, 3.63) is 53.1 Å². The summed E-state index contributed by atoms with van der Waals surface area (Å²) in [4.78, 5) is 13.3. The highest BCUT2D eigenvalue weighted by Crippen LogP contribution is 2.24. The second-order valence-corrected chi connectivity index (χ2v) is 7.88. The molecule has 7 heteroatoms. The van der Waals surface area contributed by atoms with E-state index in [1.165, 1.54) is 0 Å². The average Bonchev–Trinajstić information content (AvgIpc) is 2.61. The molecule has 0 bridgehead atoms. The van der Waals surface area contributed by atoms with Crippen molar-refractivity contribution < 1.29 is 13.7 Å². The molecule has 0 spiro atoms. The first-order chi connectivity index (χ1) is 11.9. The van der Waals surface area contributed by atoms with E-state index in [-0.39, 0.29) is 16.5 Å². The van der Waals surface area contributed by atoms with E-state index in [1.54, 1.807) is 31.4 Å². The number of Topliss-reactive ketones (excluding diaryl/α,β-unsaturated/α-hetero) is 1. The van der Waals surface area contributed by atoms with Crippen LogP contribution < -0.4 is 4.74 Å². The highest BCUT2D eigenvalue weighted by atomic mass is 79.9. The Kier molecular flexibility index (Phi) is 9.72. The molecule has 1 atom stereocenters. The van der Waals surface area contributed by atoms with Crippen molar-refractivity contribution in [3.8, 4) is 5.75 Å². The number of ether oxygens (including phenoxy) is 1. The van der Waals surface area contributed by atoms with Crippen LogP contribution >= 0.6 is 39.1 Å². The Hall–Kier alpha value is -0.880. The summed E-state index contributed by atoms with van der Waals surface area (Å²) in [6, 6.07) is 10.8. The molecule has 25 heavy (non-hydrogen) atoms. The molecule has 0 amide bonds. The molecular formula is C18H19BrCl2O3S. The molecule has 0 saturated carbocycles. The third-order valence-corrected chi connectivity index (χ3v) is 5.27. The van der Waals surface area contributed by atoms with Crippen molar-refractivity contribution in [3.63, 3.8) is 0 Å². The quantitative estimate of drug-likeness (QED) is 0.433. The number of benzene rings is 2. The van der Waals surface area contributed by atoms with Gasteiger partial charge in [0.2, 0.25) is 0 Å². The fourth-order valence-electron chi connectivity index (χ4n) is 2.37. The molecule has 2 aromatic carbocycles. The van der Waals surface area contributed by atoms with Gasteiger partial charge in [-0.25, -0.2) is 4.21 Å². The lowest BCUT2D eigenvalue weighted by Gasteiger charge is -2.11. The van der Waals surface area contributed by atoms with Gasteiger partial charge >= 0.3 is 0 Å². The van der Waals surface area contributed by atoms with Gasteiger partial charge in [-0.05, 0) is 61.4 Å². The molecule has 0 heterocycles. The predicted molar refractivity (Wildman–Crippen MR) is 108 cm³/mol. The van der Waals surface area contributed by atoms with E-state index >= 15 is 0 Å². The number of aryl methyl sites for hydroxylation is 2. The summed E-state index contributed by atoms with van der Waals surface area (Å²) in [6.07, 6.45) is 0. The van der Waals surface area contributed by atoms with Gasteiger partial charge in [0, 0.05) is 15.4 Å². The molecule has 0 aliphatic rings. The fraction of sp³-hybridized carbons (Fsp3) is 0.278. The van der Waals surface area contributed by atoms with E-state index < -0.39 is 10.8 Å². The second kappa shape index (κ2) is 11.0. The van der Waals surface area contributed by atoms with Crippen molar-refractivity contribution in [2.75, 3.05) is 17.8 Å². The maximum atomic E-state index is 12.7. The summed E-state index contributed by atoms with van der Waals surface area (Å²) in [5, 5.41) is 0.482. The molecule has 0 aliphatic heterocycles. The van der Waals surface area contributed by atoms with E-state index in [1.807, 2.05) is 26.0 Å². The number of rotatable bonds is 5. The van der Waals surface area contributed by atoms with Gasteiger partial charge in [0.05, 0.1) is 28.6 Å². The first-order valence-corrected chi connectivity index (χ1v) is 10.6. The predicted octanol–water partition coefficient (Wildman–Crippen LogP) is 5.48. The molecular weight excluding hydrogens is 447 g/mol. The van der Waals surface area contributed by atoms with Gasteiger partial charge in [-0.15, -0.1) is 23.2 Å². The standard InChI is InChI=1S/C17H17BrO3S.CH2Cl2/c1-11-8-15(9-12(2)17(11)16(19)10-18)22(20)14-6-4-13(21-3)5-7-14;2-1-3/h4-9H,10H2,1-3H3;1H2. The third-order valence-electron chi connectivity index (χ3n) is 3.39. The normalized spacial score (nSPS) is 11.3. The molecule has 0 saturated heterocycles. The molecule has 2 rings (SSSR count). The van der Waals surface area contributed by atoms with Crippen LogP contribution in [0.25, 0.3) is 0 Å². The first kappa shape index (κ1) is 22.2. The monoisotopic (exact) mass is 464 g/mol. The van der Waals surface area contributed by atoms with E-state index in [9.17, 15) is 9.00 Å². The molecule has 0 fully saturated rings. The van der Waals surface area contributed by atoms with Gasteiger partial charge in [0.1, 0.15) is 5.75 Å². The lowest BCUT2D eigenvalue weighted by Crippen LogP contribution is -2.07. The van der Waals surface area contributed by atoms with Crippen LogP contribution in [0.2, 0.25) is 0 Å². The zero-order valence-electron chi connectivity index (χ0n) is 14.1. The van der Waals surface area contributed by atoms with Crippen molar-refractivity contribution >= 4 is 55.7 Å². The number of methoxy groups -OCH3 is 1. The topological polar surface area (TPSA) is 43.4 Å². The van der Waals surface area contributed by atoms with Crippen LogP contribution in [0.1, 0.15) is 21.5 Å². The first-order valence-electron chi connectivity index (χ1n) is 7.27. The van der Waals surface area contributed by atoms with Crippen molar-refractivity contribution in [2.24, 2.45) is 0 Å². The SMILES string of the molecule is COc1ccc(S(=O)c2cc(C)c(C(=O)CBr)c(C)c2)cc1.ClCCl. The Bertz CT molecular complexity index is 725. The van der Waals surface area contributed by atoms with E-state index in [0.29, 0.717) is 15.4 Å². The van der Waals surface area contributed by atoms with Crippen LogP contribution in [0.3, 0.4) is 0 Å². The molecule has 0 radical (unpaired) electrons.